The van der Waals surface area contributed by atoms with E-state index in [4.69, 9.17) is 0 Å². The summed E-state index contributed by atoms with van der Waals surface area (Å²) in [4.78, 5) is 12.5. The molecular formula is C22H29FN2O3S. The lowest BCUT2D eigenvalue weighted by atomic mass is 10.0. The highest BCUT2D eigenvalue weighted by molar-refractivity contribution is 7.92. The molecule has 0 fully saturated rings. The second-order valence-corrected chi connectivity index (χ2v) is 9.36. The second kappa shape index (κ2) is 9.87. The van der Waals surface area contributed by atoms with Crippen LogP contribution >= 0.6 is 0 Å². The minimum atomic E-state index is -3.71. The lowest BCUT2D eigenvalue weighted by Crippen LogP contribution is -2.48. The van der Waals surface area contributed by atoms with Crippen LogP contribution < -0.4 is 9.62 Å². The monoisotopic (exact) mass is 420 g/mol. The predicted octanol–water partition coefficient (Wildman–Crippen LogP) is 3.85. The van der Waals surface area contributed by atoms with E-state index >= 15 is 0 Å². The maximum absolute atomic E-state index is 13.2. The van der Waals surface area contributed by atoms with Crippen LogP contribution in [0.15, 0.2) is 48.5 Å². The standard InChI is InChI=1S/C22H29FN2O3S/c1-16(2)19-9-7-18(8-10-19)6-5-15-24-22(26)17(3)25(29(4,27)28)21-13-11-20(23)12-14-21/h7-14,16-17H,5-6,15H2,1-4H3,(H,24,26). The Morgan fingerprint density at radius 3 is 2.14 bits per heavy atom. The van der Waals surface area contributed by atoms with Crippen LogP contribution in [-0.4, -0.2) is 33.2 Å². The minimum absolute atomic E-state index is 0.252. The molecule has 158 valence electrons. The fourth-order valence-electron chi connectivity index (χ4n) is 3.12. The van der Waals surface area contributed by atoms with Gasteiger partial charge in [-0.15, -0.1) is 0 Å². The van der Waals surface area contributed by atoms with Gasteiger partial charge >= 0.3 is 0 Å². The molecule has 0 heterocycles. The molecule has 7 heteroatoms. The van der Waals surface area contributed by atoms with Crippen molar-refractivity contribution in [1.29, 1.82) is 0 Å². The molecule has 0 aromatic heterocycles. The van der Waals surface area contributed by atoms with Crippen molar-refractivity contribution < 1.29 is 17.6 Å². The van der Waals surface area contributed by atoms with Gasteiger partial charge < -0.3 is 5.32 Å². The average Bonchev–Trinajstić information content (AvgIpc) is 2.66. The van der Waals surface area contributed by atoms with Gasteiger partial charge in [-0.3, -0.25) is 9.10 Å². The van der Waals surface area contributed by atoms with Gasteiger partial charge in [0.25, 0.3) is 0 Å². The molecule has 1 amide bonds. The highest BCUT2D eigenvalue weighted by Gasteiger charge is 2.28. The molecule has 0 aliphatic rings. The Morgan fingerprint density at radius 2 is 1.62 bits per heavy atom. The van der Waals surface area contributed by atoms with Crippen molar-refractivity contribution in [3.63, 3.8) is 0 Å². The number of hydrogen-bond donors (Lipinski definition) is 1. The molecule has 0 saturated carbocycles. The molecule has 0 saturated heterocycles. The topological polar surface area (TPSA) is 66.5 Å². The third-order valence-electron chi connectivity index (χ3n) is 4.76. The van der Waals surface area contributed by atoms with E-state index < -0.39 is 27.8 Å². The number of nitrogens with one attached hydrogen (secondary N) is 1. The number of rotatable bonds is 9. The van der Waals surface area contributed by atoms with Crippen LogP contribution in [-0.2, 0) is 21.2 Å². The summed E-state index contributed by atoms with van der Waals surface area (Å²) in [5.74, 6) is -0.376. The van der Waals surface area contributed by atoms with E-state index in [0.29, 0.717) is 12.5 Å². The fraction of sp³-hybridized carbons (Fsp3) is 0.409. The molecule has 5 nitrogen and oxygen atoms in total. The van der Waals surface area contributed by atoms with E-state index in [1.54, 1.807) is 0 Å². The van der Waals surface area contributed by atoms with Gasteiger partial charge in [-0.25, -0.2) is 12.8 Å². The second-order valence-electron chi connectivity index (χ2n) is 7.50. The molecule has 0 aliphatic carbocycles. The summed E-state index contributed by atoms with van der Waals surface area (Å²) in [6.07, 6.45) is 2.59. The Morgan fingerprint density at radius 1 is 1.03 bits per heavy atom. The van der Waals surface area contributed by atoms with Gasteiger partial charge in [0.15, 0.2) is 0 Å². The number of carbonyl (C=O) groups excluding carboxylic acids is 1. The van der Waals surface area contributed by atoms with E-state index in [0.717, 1.165) is 23.4 Å². The summed E-state index contributed by atoms with van der Waals surface area (Å²) in [6.45, 7) is 6.26. The summed E-state index contributed by atoms with van der Waals surface area (Å²) in [7, 11) is -3.71. The Bertz CT molecular complexity index is 910. The van der Waals surface area contributed by atoms with Gasteiger partial charge in [-0.1, -0.05) is 38.1 Å². The molecule has 0 radical (unpaired) electrons. The Kier molecular flexibility index (Phi) is 7.79. The van der Waals surface area contributed by atoms with Gasteiger partial charge in [-0.2, -0.15) is 0 Å². The van der Waals surface area contributed by atoms with E-state index in [1.807, 2.05) is 0 Å². The summed E-state index contributed by atoms with van der Waals surface area (Å²) in [6, 6.07) is 12.5. The SMILES string of the molecule is CC(C)c1ccc(CCCNC(=O)C(C)N(c2ccc(F)cc2)S(C)(=O)=O)cc1. The van der Waals surface area contributed by atoms with E-state index in [-0.39, 0.29) is 5.69 Å². The zero-order valence-corrected chi connectivity index (χ0v) is 18.2. The average molecular weight is 421 g/mol. The minimum Gasteiger partial charge on any atom is -0.354 e. The lowest BCUT2D eigenvalue weighted by Gasteiger charge is -2.28. The zero-order chi connectivity index (χ0) is 21.6. The first-order chi connectivity index (χ1) is 13.6. The fourth-order valence-corrected chi connectivity index (χ4v) is 4.29. The zero-order valence-electron chi connectivity index (χ0n) is 17.4. The van der Waals surface area contributed by atoms with Crippen molar-refractivity contribution >= 4 is 21.6 Å². The first-order valence-electron chi connectivity index (χ1n) is 9.71. The Labute approximate surface area is 173 Å². The normalized spacial score (nSPS) is 12.6. The van der Waals surface area contributed by atoms with Gasteiger partial charge in [-0.05, 0) is 61.1 Å². The molecular weight excluding hydrogens is 391 g/mol. The Hall–Kier alpha value is -2.41. The number of anilines is 1. The van der Waals surface area contributed by atoms with E-state index in [9.17, 15) is 17.6 Å². The summed E-state index contributed by atoms with van der Waals surface area (Å²) < 4.78 is 38.6. The number of carbonyl (C=O) groups is 1. The Balaban J connectivity index is 1.93. The van der Waals surface area contributed by atoms with Crippen LogP contribution in [0, 0.1) is 5.82 Å². The van der Waals surface area contributed by atoms with Crippen molar-refractivity contribution in [3.8, 4) is 0 Å². The van der Waals surface area contributed by atoms with E-state index in [2.05, 4.69) is 43.4 Å². The van der Waals surface area contributed by atoms with Crippen molar-refractivity contribution in [2.24, 2.45) is 0 Å². The first-order valence-corrected chi connectivity index (χ1v) is 11.6. The molecule has 0 bridgehead atoms. The summed E-state index contributed by atoms with van der Waals surface area (Å²) in [5.41, 5.74) is 2.74. The van der Waals surface area contributed by atoms with Gasteiger partial charge in [0, 0.05) is 6.54 Å². The van der Waals surface area contributed by atoms with Crippen LogP contribution in [0.25, 0.3) is 0 Å². The number of benzene rings is 2. The summed E-state index contributed by atoms with van der Waals surface area (Å²) >= 11 is 0. The molecule has 2 rings (SSSR count). The third kappa shape index (κ3) is 6.56. The molecule has 2 aromatic rings. The highest BCUT2D eigenvalue weighted by Crippen LogP contribution is 2.21. The quantitative estimate of drug-likeness (QED) is 0.627. The number of amides is 1. The largest absolute Gasteiger partial charge is 0.354 e. The number of halogens is 1. The smallest absolute Gasteiger partial charge is 0.243 e. The molecule has 2 aromatic carbocycles. The molecule has 0 spiro atoms. The van der Waals surface area contributed by atoms with Crippen molar-refractivity contribution in [2.45, 2.75) is 45.6 Å². The van der Waals surface area contributed by atoms with Gasteiger partial charge in [0.2, 0.25) is 15.9 Å². The van der Waals surface area contributed by atoms with Crippen LogP contribution in [0.1, 0.15) is 44.2 Å². The molecule has 1 N–H and O–H groups in total. The van der Waals surface area contributed by atoms with Gasteiger partial charge in [0.05, 0.1) is 11.9 Å². The number of sulfonamides is 1. The highest BCUT2D eigenvalue weighted by atomic mass is 32.2. The van der Waals surface area contributed by atoms with E-state index in [1.165, 1.54) is 42.3 Å². The summed E-state index contributed by atoms with van der Waals surface area (Å²) in [5, 5.41) is 2.80. The van der Waals surface area contributed by atoms with Crippen molar-refractivity contribution in [2.75, 3.05) is 17.1 Å². The van der Waals surface area contributed by atoms with Crippen LogP contribution in [0.3, 0.4) is 0 Å². The van der Waals surface area contributed by atoms with Gasteiger partial charge in [0.1, 0.15) is 11.9 Å². The van der Waals surface area contributed by atoms with Crippen LogP contribution in [0.5, 0.6) is 0 Å². The van der Waals surface area contributed by atoms with Crippen LogP contribution in [0.4, 0.5) is 10.1 Å². The number of nitrogens with zero attached hydrogens (tertiary/aromatic N) is 1. The molecule has 1 unspecified atom stereocenters. The molecule has 29 heavy (non-hydrogen) atoms. The van der Waals surface area contributed by atoms with Crippen molar-refractivity contribution in [1.82, 2.24) is 5.32 Å². The number of aryl methyl sites for hydroxylation is 1. The first kappa shape index (κ1) is 22.9. The predicted molar refractivity (Wildman–Crippen MR) is 115 cm³/mol. The maximum Gasteiger partial charge on any atom is 0.243 e. The molecule has 0 aliphatic heterocycles. The number of hydrogen-bond acceptors (Lipinski definition) is 3. The third-order valence-corrected chi connectivity index (χ3v) is 6.00. The maximum atomic E-state index is 13.2. The molecule has 1 atom stereocenters. The van der Waals surface area contributed by atoms with Crippen molar-refractivity contribution in [3.05, 3.63) is 65.5 Å². The lowest BCUT2D eigenvalue weighted by molar-refractivity contribution is -0.121. The van der Waals surface area contributed by atoms with Crippen LogP contribution in [0.2, 0.25) is 0 Å².